The average molecular weight is 413 g/mol. The van der Waals surface area contributed by atoms with Crippen LogP contribution in [0.5, 0.6) is 0 Å². The molecule has 0 saturated carbocycles. The fraction of sp³-hybridized carbons (Fsp3) is 0.350. The highest BCUT2D eigenvalue weighted by Crippen LogP contribution is 2.39. The quantitative estimate of drug-likeness (QED) is 0.739. The third kappa shape index (κ3) is 5.00. The van der Waals surface area contributed by atoms with Gasteiger partial charge >= 0.3 is 0 Å². The zero-order chi connectivity index (χ0) is 18.7. The molecule has 27 heavy (non-hydrogen) atoms. The maximum Gasteiger partial charge on any atom is 0.240 e. The van der Waals surface area contributed by atoms with Gasteiger partial charge in [0.25, 0.3) is 0 Å². The monoisotopic (exact) mass is 412 g/mol. The molecule has 2 unspecified atom stereocenters. The predicted molar refractivity (Wildman–Crippen MR) is 107 cm³/mol. The highest BCUT2D eigenvalue weighted by molar-refractivity contribution is 8.00. The summed E-state index contributed by atoms with van der Waals surface area (Å²) in [6, 6.07) is 13.1. The van der Waals surface area contributed by atoms with Crippen LogP contribution in [0.15, 0.2) is 53.4 Å². The molecule has 2 aromatic carbocycles. The molecule has 1 saturated heterocycles. The van der Waals surface area contributed by atoms with Gasteiger partial charge in [0.05, 0.1) is 0 Å². The highest BCUT2D eigenvalue weighted by Gasteiger charge is 2.38. The molecular formula is C20H23ClF2N2OS. The van der Waals surface area contributed by atoms with Crippen LogP contribution in [0.2, 0.25) is 0 Å². The van der Waals surface area contributed by atoms with E-state index in [9.17, 15) is 13.6 Å². The van der Waals surface area contributed by atoms with Gasteiger partial charge in [-0.15, -0.1) is 24.2 Å². The van der Waals surface area contributed by atoms with E-state index >= 15 is 0 Å². The highest BCUT2D eigenvalue weighted by atomic mass is 35.5. The molecule has 146 valence electrons. The van der Waals surface area contributed by atoms with Crippen LogP contribution in [0.4, 0.5) is 8.78 Å². The topological polar surface area (TPSA) is 46.3 Å². The summed E-state index contributed by atoms with van der Waals surface area (Å²) < 4.78 is 26.8. The van der Waals surface area contributed by atoms with E-state index in [0.717, 1.165) is 24.1 Å². The first-order valence-electron chi connectivity index (χ1n) is 8.57. The standard InChI is InChI=1S/C20H22F2N2OS.ClH/c1-20(12-23)9-10-24(13-20)19(25)18(14-5-3-2-4-6-14)26-15-7-8-16(21)17(22)11-15;/h2-8,11,18H,9-10,12-13,23H2,1H3;1H. The second-order valence-electron chi connectivity index (χ2n) is 7.01. The molecule has 1 aliphatic heterocycles. The molecule has 0 aromatic heterocycles. The summed E-state index contributed by atoms with van der Waals surface area (Å²) in [5, 5.41) is -0.513. The zero-order valence-electron chi connectivity index (χ0n) is 15.0. The van der Waals surface area contributed by atoms with Crippen LogP contribution in [0.1, 0.15) is 24.2 Å². The van der Waals surface area contributed by atoms with Crippen LogP contribution in [-0.2, 0) is 4.79 Å². The first-order chi connectivity index (χ1) is 12.4. The summed E-state index contributed by atoms with van der Waals surface area (Å²) in [5.41, 5.74) is 6.63. The fourth-order valence-electron chi connectivity index (χ4n) is 3.12. The van der Waals surface area contributed by atoms with Crippen molar-refractivity contribution in [3.8, 4) is 0 Å². The van der Waals surface area contributed by atoms with E-state index in [-0.39, 0.29) is 23.7 Å². The summed E-state index contributed by atoms with van der Waals surface area (Å²) in [4.78, 5) is 15.6. The van der Waals surface area contributed by atoms with Crippen molar-refractivity contribution in [2.75, 3.05) is 19.6 Å². The molecule has 0 bridgehead atoms. The van der Waals surface area contributed by atoms with Crippen LogP contribution >= 0.6 is 24.2 Å². The molecule has 1 amide bonds. The number of benzene rings is 2. The average Bonchev–Trinajstić information content (AvgIpc) is 3.06. The van der Waals surface area contributed by atoms with E-state index in [2.05, 4.69) is 6.92 Å². The summed E-state index contributed by atoms with van der Waals surface area (Å²) >= 11 is 1.24. The molecule has 2 aromatic rings. The Kier molecular flexibility index (Phi) is 7.25. The number of nitrogens with two attached hydrogens (primary N) is 1. The number of likely N-dealkylation sites (tertiary alicyclic amines) is 1. The Bertz CT molecular complexity index is 793. The maximum atomic E-state index is 13.6. The van der Waals surface area contributed by atoms with Crippen LogP contribution in [0, 0.1) is 17.0 Å². The first-order valence-corrected chi connectivity index (χ1v) is 9.45. The molecule has 1 fully saturated rings. The largest absolute Gasteiger partial charge is 0.341 e. The van der Waals surface area contributed by atoms with Gasteiger partial charge in [-0.05, 0) is 42.1 Å². The van der Waals surface area contributed by atoms with Gasteiger partial charge in [-0.1, -0.05) is 37.3 Å². The van der Waals surface area contributed by atoms with Crippen molar-refractivity contribution in [3.63, 3.8) is 0 Å². The van der Waals surface area contributed by atoms with Crippen LogP contribution in [-0.4, -0.2) is 30.4 Å². The normalized spacial score (nSPS) is 20.2. The number of thioether (sulfide) groups is 1. The van der Waals surface area contributed by atoms with Gasteiger partial charge in [-0.3, -0.25) is 4.79 Å². The Morgan fingerprint density at radius 2 is 1.93 bits per heavy atom. The molecule has 3 rings (SSSR count). The van der Waals surface area contributed by atoms with Crippen molar-refractivity contribution in [2.24, 2.45) is 11.1 Å². The fourth-order valence-corrected chi connectivity index (χ4v) is 4.25. The second-order valence-corrected chi connectivity index (χ2v) is 8.19. The lowest BCUT2D eigenvalue weighted by atomic mass is 9.90. The van der Waals surface area contributed by atoms with E-state index in [0.29, 0.717) is 24.5 Å². The van der Waals surface area contributed by atoms with Crippen LogP contribution < -0.4 is 5.73 Å². The van der Waals surface area contributed by atoms with Crippen molar-refractivity contribution in [1.82, 2.24) is 4.90 Å². The maximum absolute atomic E-state index is 13.6. The van der Waals surface area contributed by atoms with Gasteiger partial charge < -0.3 is 10.6 Å². The third-order valence-electron chi connectivity index (χ3n) is 4.83. The van der Waals surface area contributed by atoms with Gasteiger partial charge in [0.2, 0.25) is 5.91 Å². The number of nitrogens with zero attached hydrogens (tertiary/aromatic N) is 1. The van der Waals surface area contributed by atoms with Gasteiger partial charge in [-0.25, -0.2) is 8.78 Å². The Hall–Kier alpha value is -1.63. The van der Waals surface area contributed by atoms with Crippen LogP contribution in [0.3, 0.4) is 0 Å². The Morgan fingerprint density at radius 1 is 1.22 bits per heavy atom. The second kappa shape index (κ2) is 9.04. The first kappa shape index (κ1) is 21.7. The molecule has 3 nitrogen and oxygen atoms in total. The lowest BCUT2D eigenvalue weighted by Gasteiger charge is -2.26. The van der Waals surface area contributed by atoms with Crippen molar-refractivity contribution in [2.45, 2.75) is 23.5 Å². The Balaban J connectivity index is 0.00000261. The van der Waals surface area contributed by atoms with Crippen molar-refractivity contribution in [1.29, 1.82) is 0 Å². The number of carbonyl (C=O) groups is 1. The lowest BCUT2D eigenvalue weighted by Crippen LogP contribution is -2.36. The SMILES string of the molecule is CC1(CN)CCN(C(=O)C(Sc2ccc(F)c(F)c2)c2ccccc2)C1.Cl. The predicted octanol–water partition coefficient (Wildman–Crippen LogP) is 4.42. The molecule has 2 atom stereocenters. The molecule has 1 aliphatic rings. The van der Waals surface area contributed by atoms with Gasteiger partial charge in [0.1, 0.15) is 5.25 Å². The Labute approximate surface area is 168 Å². The molecular weight excluding hydrogens is 390 g/mol. The van der Waals surface area contributed by atoms with Crippen LogP contribution in [0.25, 0.3) is 0 Å². The van der Waals surface area contributed by atoms with E-state index in [4.69, 9.17) is 5.73 Å². The number of hydrogen-bond donors (Lipinski definition) is 1. The number of hydrogen-bond acceptors (Lipinski definition) is 3. The number of carbonyl (C=O) groups excluding carboxylic acids is 1. The van der Waals surface area contributed by atoms with E-state index in [1.54, 1.807) is 0 Å². The molecule has 7 heteroatoms. The molecule has 2 N–H and O–H groups in total. The minimum absolute atomic E-state index is 0. The van der Waals surface area contributed by atoms with Crippen molar-refractivity contribution in [3.05, 3.63) is 65.7 Å². The Morgan fingerprint density at radius 3 is 2.52 bits per heavy atom. The molecule has 0 aliphatic carbocycles. The number of amides is 1. The molecule has 0 spiro atoms. The van der Waals surface area contributed by atoms with Gasteiger partial charge in [0, 0.05) is 18.0 Å². The minimum Gasteiger partial charge on any atom is -0.341 e. The third-order valence-corrected chi connectivity index (χ3v) is 6.07. The lowest BCUT2D eigenvalue weighted by molar-refractivity contribution is -0.130. The molecule has 1 heterocycles. The smallest absolute Gasteiger partial charge is 0.240 e. The summed E-state index contributed by atoms with van der Waals surface area (Å²) in [5.74, 6) is -1.83. The summed E-state index contributed by atoms with van der Waals surface area (Å²) in [6.45, 7) is 3.89. The van der Waals surface area contributed by atoms with E-state index < -0.39 is 16.9 Å². The zero-order valence-corrected chi connectivity index (χ0v) is 16.7. The van der Waals surface area contributed by atoms with E-state index in [1.165, 1.54) is 17.8 Å². The number of rotatable bonds is 5. The number of halogens is 3. The molecule has 0 radical (unpaired) electrons. The van der Waals surface area contributed by atoms with Crippen molar-refractivity contribution >= 4 is 30.1 Å². The summed E-state index contributed by atoms with van der Waals surface area (Å²) in [6.07, 6.45) is 0.868. The minimum atomic E-state index is -0.911. The van der Waals surface area contributed by atoms with Crippen molar-refractivity contribution < 1.29 is 13.6 Å². The van der Waals surface area contributed by atoms with Gasteiger partial charge in [0.15, 0.2) is 11.6 Å². The van der Waals surface area contributed by atoms with Gasteiger partial charge in [-0.2, -0.15) is 0 Å². The summed E-state index contributed by atoms with van der Waals surface area (Å²) in [7, 11) is 0. The van der Waals surface area contributed by atoms with E-state index in [1.807, 2.05) is 35.2 Å².